The van der Waals surface area contributed by atoms with Crippen LogP contribution in [-0.2, 0) is 4.79 Å². The van der Waals surface area contributed by atoms with Crippen molar-refractivity contribution in [2.24, 2.45) is 0 Å². The van der Waals surface area contributed by atoms with Crippen LogP contribution in [0.5, 0.6) is 0 Å². The van der Waals surface area contributed by atoms with Gasteiger partial charge in [0.05, 0.1) is 15.8 Å². The highest BCUT2D eigenvalue weighted by Gasteiger charge is 2.13. The maximum Gasteiger partial charge on any atom is 0.260 e. The predicted octanol–water partition coefficient (Wildman–Crippen LogP) is 3.91. The zero-order valence-corrected chi connectivity index (χ0v) is 15.8. The van der Waals surface area contributed by atoms with E-state index in [4.69, 9.17) is 12.2 Å². The van der Waals surface area contributed by atoms with E-state index in [2.05, 4.69) is 20.9 Å². The molecular weight excluding hydrogens is 387 g/mol. The molecule has 3 N–H and O–H groups in total. The number of rotatable bonds is 4. The van der Waals surface area contributed by atoms with Crippen molar-refractivity contribution in [1.29, 1.82) is 0 Å². The Kier molecular flexibility index (Phi) is 5.72. The number of amides is 2. The normalized spacial score (nSPS) is 10.4. The Morgan fingerprint density at radius 2 is 1.96 bits per heavy atom. The Hall–Kier alpha value is -2.91. The summed E-state index contributed by atoms with van der Waals surface area (Å²) in [7, 11) is 0. The third kappa shape index (κ3) is 4.63. The first-order valence-electron chi connectivity index (χ1n) is 8.03. The van der Waals surface area contributed by atoms with Gasteiger partial charge in [-0.05, 0) is 42.5 Å². The Labute approximate surface area is 163 Å². The number of carbonyl (C=O) groups excluding carboxylic acids is 2. The van der Waals surface area contributed by atoms with E-state index < -0.39 is 11.7 Å². The van der Waals surface area contributed by atoms with E-state index in [0.29, 0.717) is 17.2 Å². The molecule has 0 radical (unpaired) electrons. The van der Waals surface area contributed by atoms with Crippen LogP contribution in [0, 0.1) is 5.82 Å². The fraction of sp³-hybridized carbons (Fsp3) is 0.111. The number of hydrogen-bond acceptors (Lipinski definition) is 5. The Balaban J connectivity index is 1.68. The molecule has 0 aliphatic rings. The van der Waals surface area contributed by atoms with E-state index in [1.807, 2.05) is 0 Å². The molecule has 0 fully saturated rings. The summed E-state index contributed by atoms with van der Waals surface area (Å²) in [5.74, 6) is -1.36. The van der Waals surface area contributed by atoms with Gasteiger partial charge < -0.3 is 10.6 Å². The SMILES string of the molecule is CCC(=O)Nc1nc2ccc(NC(=S)NC(=O)c3ccccc3F)cc2s1. The van der Waals surface area contributed by atoms with Gasteiger partial charge in [-0.3, -0.25) is 14.9 Å². The van der Waals surface area contributed by atoms with Crippen molar-refractivity contribution in [3.05, 3.63) is 53.8 Å². The Morgan fingerprint density at radius 1 is 1.19 bits per heavy atom. The molecule has 1 heterocycles. The number of thiazole rings is 1. The summed E-state index contributed by atoms with van der Waals surface area (Å²) in [6, 6.07) is 11.0. The molecule has 3 aromatic rings. The summed E-state index contributed by atoms with van der Waals surface area (Å²) >= 11 is 6.45. The predicted molar refractivity (Wildman–Crippen MR) is 109 cm³/mol. The fourth-order valence-electron chi connectivity index (χ4n) is 2.24. The van der Waals surface area contributed by atoms with Crippen molar-refractivity contribution in [3.8, 4) is 0 Å². The molecule has 1 aromatic heterocycles. The van der Waals surface area contributed by atoms with Gasteiger partial charge in [0.1, 0.15) is 5.82 Å². The fourth-order valence-corrected chi connectivity index (χ4v) is 3.37. The van der Waals surface area contributed by atoms with Crippen LogP contribution in [-0.4, -0.2) is 21.9 Å². The van der Waals surface area contributed by atoms with Gasteiger partial charge in [-0.15, -0.1) is 0 Å². The zero-order valence-electron chi connectivity index (χ0n) is 14.2. The zero-order chi connectivity index (χ0) is 19.4. The van der Waals surface area contributed by atoms with Crippen LogP contribution in [0.4, 0.5) is 15.2 Å². The van der Waals surface area contributed by atoms with Gasteiger partial charge in [0, 0.05) is 12.1 Å². The monoisotopic (exact) mass is 402 g/mol. The van der Waals surface area contributed by atoms with Crippen LogP contribution < -0.4 is 16.0 Å². The van der Waals surface area contributed by atoms with Gasteiger partial charge in [-0.1, -0.05) is 30.4 Å². The number of anilines is 2. The summed E-state index contributed by atoms with van der Waals surface area (Å²) in [5.41, 5.74) is 1.28. The van der Waals surface area contributed by atoms with Crippen LogP contribution in [0.2, 0.25) is 0 Å². The first-order valence-corrected chi connectivity index (χ1v) is 9.26. The standard InChI is InChI=1S/C18H15FN4O2S2/c1-2-15(24)22-18-21-13-8-7-10(9-14(13)27-18)20-17(26)23-16(25)11-5-3-4-6-12(11)19/h3-9H,2H2,1H3,(H,21,22,24)(H2,20,23,25,26). The second kappa shape index (κ2) is 8.19. The van der Waals surface area contributed by atoms with Gasteiger partial charge >= 0.3 is 0 Å². The summed E-state index contributed by atoms with van der Waals surface area (Å²) < 4.78 is 14.5. The molecule has 0 atom stereocenters. The van der Waals surface area contributed by atoms with Gasteiger partial charge in [0.2, 0.25) is 5.91 Å². The van der Waals surface area contributed by atoms with Crippen molar-refractivity contribution in [1.82, 2.24) is 10.3 Å². The molecule has 0 aliphatic heterocycles. The highest BCUT2D eigenvalue weighted by Crippen LogP contribution is 2.28. The number of hydrogen-bond donors (Lipinski definition) is 3. The first kappa shape index (κ1) is 18.9. The smallest absolute Gasteiger partial charge is 0.260 e. The molecule has 6 nitrogen and oxygen atoms in total. The number of carbonyl (C=O) groups is 2. The van der Waals surface area contributed by atoms with Gasteiger partial charge in [-0.25, -0.2) is 9.37 Å². The van der Waals surface area contributed by atoms with Gasteiger partial charge in [0.15, 0.2) is 10.2 Å². The van der Waals surface area contributed by atoms with Crippen molar-refractivity contribution in [2.75, 3.05) is 10.6 Å². The number of benzene rings is 2. The van der Waals surface area contributed by atoms with Crippen molar-refractivity contribution in [2.45, 2.75) is 13.3 Å². The summed E-state index contributed by atoms with van der Waals surface area (Å²) in [5, 5.41) is 8.62. The summed E-state index contributed by atoms with van der Waals surface area (Å²) in [4.78, 5) is 27.9. The van der Waals surface area contributed by atoms with Crippen molar-refractivity contribution in [3.63, 3.8) is 0 Å². The number of nitrogens with zero attached hydrogens (tertiary/aromatic N) is 1. The minimum atomic E-state index is -0.631. The average molecular weight is 402 g/mol. The number of fused-ring (bicyclic) bond motifs is 1. The molecule has 138 valence electrons. The molecule has 0 unspecified atom stereocenters. The van der Waals surface area contributed by atoms with Crippen LogP contribution in [0.1, 0.15) is 23.7 Å². The Morgan fingerprint density at radius 3 is 2.70 bits per heavy atom. The summed E-state index contributed by atoms with van der Waals surface area (Å²) in [6.07, 6.45) is 0.374. The molecular formula is C18H15FN4O2S2. The molecule has 3 rings (SSSR count). The quantitative estimate of drug-likeness (QED) is 0.577. The summed E-state index contributed by atoms with van der Waals surface area (Å²) in [6.45, 7) is 1.77. The second-order valence-corrected chi connectivity index (χ2v) is 6.93. The number of aromatic nitrogens is 1. The highest BCUT2D eigenvalue weighted by atomic mass is 32.1. The molecule has 0 spiro atoms. The first-order chi connectivity index (χ1) is 13.0. The molecule has 0 bridgehead atoms. The van der Waals surface area contributed by atoms with Crippen LogP contribution in [0.15, 0.2) is 42.5 Å². The maximum atomic E-state index is 13.7. The maximum absolute atomic E-state index is 13.7. The third-order valence-electron chi connectivity index (χ3n) is 3.56. The molecule has 27 heavy (non-hydrogen) atoms. The average Bonchev–Trinajstić information content (AvgIpc) is 3.03. The van der Waals surface area contributed by atoms with E-state index >= 15 is 0 Å². The molecule has 0 aliphatic carbocycles. The lowest BCUT2D eigenvalue weighted by atomic mass is 10.2. The largest absolute Gasteiger partial charge is 0.332 e. The van der Waals surface area contributed by atoms with Crippen LogP contribution in [0.25, 0.3) is 10.2 Å². The third-order valence-corrected chi connectivity index (χ3v) is 4.70. The molecule has 0 saturated carbocycles. The van der Waals surface area contributed by atoms with E-state index in [1.165, 1.54) is 29.5 Å². The van der Waals surface area contributed by atoms with E-state index in [1.54, 1.807) is 31.2 Å². The lowest BCUT2D eigenvalue weighted by molar-refractivity contribution is -0.115. The number of thiocarbonyl (C=S) groups is 1. The van der Waals surface area contributed by atoms with E-state index in [0.717, 1.165) is 10.2 Å². The molecule has 2 amide bonds. The minimum absolute atomic E-state index is 0.0478. The topological polar surface area (TPSA) is 83.1 Å². The van der Waals surface area contributed by atoms with E-state index in [9.17, 15) is 14.0 Å². The number of nitrogens with one attached hydrogen (secondary N) is 3. The van der Waals surface area contributed by atoms with Gasteiger partial charge in [0.25, 0.3) is 5.91 Å². The second-order valence-electron chi connectivity index (χ2n) is 5.49. The lowest BCUT2D eigenvalue weighted by Crippen LogP contribution is -2.34. The van der Waals surface area contributed by atoms with Crippen LogP contribution >= 0.6 is 23.6 Å². The molecule has 9 heteroatoms. The Bertz CT molecular complexity index is 1040. The molecule has 2 aromatic carbocycles. The molecule has 0 saturated heterocycles. The van der Waals surface area contributed by atoms with Gasteiger partial charge in [-0.2, -0.15) is 0 Å². The van der Waals surface area contributed by atoms with Crippen LogP contribution in [0.3, 0.4) is 0 Å². The van der Waals surface area contributed by atoms with Crippen molar-refractivity contribution < 1.29 is 14.0 Å². The number of halogens is 1. The highest BCUT2D eigenvalue weighted by molar-refractivity contribution is 7.80. The lowest BCUT2D eigenvalue weighted by Gasteiger charge is -2.10. The minimum Gasteiger partial charge on any atom is -0.332 e. The van der Waals surface area contributed by atoms with E-state index in [-0.39, 0.29) is 16.6 Å². The van der Waals surface area contributed by atoms with Crippen molar-refractivity contribution >= 4 is 61.5 Å².